The average molecular weight is 745 g/mol. The van der Waals surface area contributed by atoms with Gasteiger partial charge in [0.25, 0.3) is 0 Å². The van der Waals surface area contributed by atoms with Crippen LogP contribution in [-0.4, -0.2) is 56.3 Å². The first-order valence-electron chi connectivity index (χ1n) is 16.3. The SMILES string of the molecule is CC(=O)OCC(=O)Cc1ccc(Cl)cc1.CCc1cccc2c(C(=O)O)c(O)c(Cc3ccc(Cl)cc3)nc12.CCc1cccc2c1[NH+]=C(O)C2=O. The normalized spacial score (nSPS) is 11.4. The van der Waals surface area contributed by atoms with Crippen LogP contribution in [0.1, 0.15) is 69.4 Å². The monoisotopic (exact) mass is 743 g/mol. The molecule has 2 heterocycles. The second-order valence-electron chi connectivity index (χ2n) is 11.7. The quantitative estimate of drug-likeness (QED) is 0.122. The van der Waals surface area contributed by atoms with E-state index in [1.54, 1.807) is 54.6 Å². The van der Waals surface area contributed by atoms with Gasteiger partial charge in [-0.3, -0.25) is 14.4 Å². The number of aromatic carboxylic acids is 1. The number of para-hydroxylation sites is 2. The van der Waals surface area contributed by atoms with E-state index in [0.717, 1.165) is 40.8 Å². The molecule has 268 valence electrons. The Morgan fingerprint density at radius 2 is 1.38 bits per heavy atom. The van der Waals surface area contributed by atoms with Crippen molar-refractivity contribution >= 4 is 69.2 Å². The van der Waals surface area contributed by atoms with Gasteiger partial charge in [-0.25, -0.2) is 9.78 Å². The van der Waals surface area contributed by atoms with Crippen molar-refractivity contribution in [2.75, 3.05) is 6.61 Å². The highest BCUT2D eigenvalue weighted by molar-refractivity contribution is 6.42. The van der Waals surface area contributed by atoms with Crippen molar-refractivity contribution in [1.82, 2.24) is 4.98 Å². The minimum absolute atomic E-state index is 0.0979. The third-order valence-corrected chi connectivity index (χ3v) is 8.52. The minimum Gasteiger partial charge on any atom is -0.505 e. The second kappa shape index (κ2) is 18.1. The standard InChI is InChI=1S/C19H16ClNO3.C11H11ClO3.C10H9NO2/c1-2-12-4-3-5-14-16(19(23)24)18(22)15(21-17(12)14)10-11-6-8-13(20)9-7-11;1-8(13)15-7-11(14)6-9-2-4-10(12)5-3-9;1-2-6-4-3-5-7-8(6)11-10(13)9(7)12/h3-9,22H,2,10H2,1H3,(H,23,24);2-5H,6-7H2,1H3;3-5H,2H2,1H3,(H,11,12,13)/p+1. The predicted molar refractivity (Wildman–Crippen MR) is 199 cm³/mol. The fourth-order valence-corrected chi connectivity index (χ4v) is 5.65. The number of aliphatic hydroxyl groups excluding tert-OH is 1. The van der Waals surface area contributed by atoms with Crippen LogP contribution in [0.4, 0.5) is 5.69 Å². The van der Waals surface area contributed by atoms with Crippen LogP contribution in [0.15, 0.2) is 84.9 Å². The molecular formula is C40H37Cl2N2O8+. The number of rotatable bonds is 9. The summed E-state index contributed by atoms with van der Waals surface area (Å²) in [6.07, 6.45) is 2.16. The Labute approximate surface area is 310 Å². The molecule has 1 aliphatic rings. The number of nitrogens with zero attached hydrogens (tertiary/aromatic N) is 1. The number of pyridine rings is 1. The van der Waals surface area contributed by atoms with Gasteiger partial charge in [0, 0.05) is 40.8 Å². The van der Waals surface area contributed by atoms with Crippen molar-refractivity contribution in [3.63, 3.8) is 0 Å². The zero-order valence-corrected chi connectivity index (χ0v) is 30.2. The predicted octanol–water partition coefficient (Wildman–Crippen LogP) is 6.57. The van der Waals surface area contributed by atoms with Gasteiger partial charge in [-0.2, -0.15) is 4.99 Å². The number of benzene rings is 4. The number of aryl methyl sites for hydroxylation is 2. The van der Waals surface area contributed by atoms with Crippen LogP contribution in [-0.2, 0) is 40.0 Å². The number of carbonyl (C=O) groups excluding carboxylic acids is 3. The Morgan fingerprint density at radius 1 is 0.808 bits per heavy atom. The third kappa shape index (κ3) is 10.0. The summed E-state index contributed by atoms with van der Waals surface area (Å²) in [5, 5.41) is 30.9. The number of nitrogens with one attached hydrogen (secondary N) is 1. The summed E-state index contributed by atoms with van der Waals surface area (Å²) in [6, 6.07) is 25.0. The minimum atomic E-state index is -1.16. The van der Waals surface area contributed by atoms with Crippen molar-refractivity contribution in [2.24, 2.45) is 0 Å². The van der Waals surface area contributed by atoms with Gasteiger partial charge in [-0.05, 0) is 59.9 Å². The van der Waals surface area contributed by atoms with Crippen LogP contribution < -0.4 is 4.99 Å². The van der Waals surface area contributed by atoms with Crippen LogP contribution in [0.5, 0.6) is 5.75 Å². The Kier molecular flexibility index (Phi) is 13.6. The summed E-state index contributed by atoms with van der Waals surface area (Å²) in [5.41, 5.74) is 5.96. The fraction of sp³-hybridized carbons (Fsp3) is 0.200. The number of carbonyl (C=O) groups is 4. The van der Waals surface area contributed by atoms with Gasteiger partial charge in [0.15, 0.2) is 11.5 Å². The summed E-state index contributed by atoms with van der Waals surface area (Å²) < 4.78 is 4.59. The second-order valence-corrected chi connectivity index (χ2v) is 12.5. The van der Waals surface area contributed by atoms with Crippen molar-refractivity contribution in [3.05, 3.63) is 134 Å². The summed E-state index contributed by atoms with van der Waals surface area (Å²) in [4.78, 5) is 52.0. The summed E-state index contributed by atoms with van der Waals surface area (Å²) in [5.74, 6) is -2.60. The first kappa shape index (κ1) is 39.2. The summed E-state index contributed by atoms with van der Waals surface area (Å²) >= 11 is 11.6. The smallest absolute Gasteiger partial charge is 0.414 e. The lowest BCUT2D eigenvalue weighted by Gasteiger charge is -2.12. The van der Waals surface area contributed by atoms with Gasteiger partial charge in [0.2, 0.25) is 5.69 Å². The molecule has 0 bridgehead atoms. The molecule has 0 radical (unpaired) electrons. The maximum Gasteiger partial charge on any atom is 0.414 e. The first-order valence-corrected chi connectivity index (χ1v) is 17.1. The molecule has 0 spiro atoms. The van der Waals surface area contributed by atoms with Crippen LogP contribution >= 0.6 is 23.2 Å². The van der Waals surface area contributed by atoms with Gasteiger partial charge < -0.3 is 20.1 Å². The molecule has 4 aromatic carbocycles. The highest BCUT2D eigenvalue weighted by atomic mass is 35.5. The van der Waals surface area contributed by atoms with E-state index < -0.39 is 11.9 Å². The lowest BCUT2D eigenvalue weighted by molar-refractivity contribution is -0.360. The molecule has 0 atom stereocenters. The molecule has 10 nitrogen and oxygen atoms in total. The van der Waals surface area contributed by atoms with Crippen LogP contribution in [0.2, 0.25) is 10.0 Å². The topological polar surface area (TPSA) is 165 Å². The number of hydrogen-bond acceptors (Lipinski definition) is 7. The number of aliphatic hydroxyl groups is 1. The molecule has 5 aromatic rings. The Hall–Kier alpha value is -5.58. The summed E-state index contributed by atoms with van der Waals surface area (Å²) in [6.45, 7) is 5.10. The van der Waals surface area contributed by atoms with E-state index >= 15 is 0 Å². The number of halogens is 2. The Bertz CT molecular complexity index is 2150. The van der Waals surface area contributed by atoms with E-state index in [1.165, 1.54) is 6.92 Å². The number of carboxylic acid groups (broad SMARTS) is 1. The number of aromatic hydroxyl groups is 1. The largest absolute Gasteiger partial charge is 0.505 e. The molecule has 1 aliphatic heterocycles. The molecule has 0 unspecified atom stereocenters. The number of hydrogen-bond donors (Lipinski definition) is 4. The first-order chi connectivity index (χ1) is 24.8. The van der Waals surface area contributed by atoms with Gasteiger partial charge in [0.1, 0.15) is 17.7 Å². The molecule has 0 saturated carbocycles. The van der Waals surface area contributed by atoms with Crippen LogP contribution in [0, 0.1) is 0 Å². The molecule has 4 N–H and O–H groups in total. The van der Waals surface area contributed by atoms with Gasteiger partial charge >= 0.3 is 23.6 Å². The van der Waals surface area contributed by atoms with Gasteiger partial charge in [-0.15, -0.1) is 0 Å². The van der Waals surface area contributed by atoms with Crippen LogP contribution in [0.25, 0.3) is 10.9 Å². The number of esters is 1. The number of aromatic nitrogens is 1. The molecule has 1 aromatic heterocycles. The maximum absolute atomic E-state index is 11.7. The van der Waals surface area contributed by atoms with E-state index in [-0.39, 0.29) is 41.8 Å². The molecule has 6 rings (SSSR count). The molecule has 52 heavy (non-hydrogen) atoms. The lowest BCUT2D eigenvalue weighted by atomic mass is 9.99. The van der Waals surface area contributed by atoms with Crippen molar-refractivity contribution in [1.29, 1.82) is 0 Å². The lowest BCUT2D eigenvalue weighted by Crippen LogP contribution is -2.65. The highest BCUT2D eigenvalue weighted by Gasteiger charge is 2.32. The molecular weight excluding hydrogens is 707 g/mol. The van der Waals surface area contributed by atoms with E-state index in [1.807, 2.05) is 44.2 Å². The summed E-state index contributed by atoms with van der Waals surface area (Å²) in [7, 11) is 0. The molecule has 0 fully saturated rings. The molecule has 0 saturated heterocycles. The maximum atomic E-state index is 11.7. The fourth-order valence-electron chi connectivity index (χ4n) is 5.40. The van der Waals surface area contributed by atoms with E-state index in [0.29, 0.717) is 38.6 Å². The van der Waals surface area contributed by atoms with Gasteiger partial charge in [0.05, 0.1) is 11.2 Å². The Morgan fingerprint density at radius 3 is 1.96 bits per heavy atom. The van der Waals surface area contributed by atoms with Crippen molar-refractivity contribution in [2.45, 2.75) is 46.5 Å². The third-order valence-electron chi connectivity index (χ3n) is 8.01. The number of fused-ring (bicyclic) bond motifs is 2. The van der Waals surface area contributed by atoms with Crippen molar-refractivity contribution in [3.8, 4) is 5.75 Å². The number of ketones is 2. The van der Waals surface area contributed by atoms with E-state index in [9.17, 15) is 34.5 Å². The molecule has 0 amide bonds. The van der Waals surface area contributed by atoms with E-state index in [2.05, 4.69) is 14.7 Å². The molecule has 12 heteroatoms. The van der Waals surface area contributed by atoms with Crippen molar-refractivity contribution < 1.29 is 44.2 Å². The highest BCUT2D eigenvalue weighted by Crippen LogP contribution is 2.32. The average Bonchev–Trinajstić information content (AvgIpc) is 3.42. The van der Waals surface area contributed by atoms with Gasteiger partial charge in [-0.1, -0.05) is 91.6 Å². The zero-order chi connectivity index (χ0) is 37.9. The van der Waals surface area contributed by atoms with Crippen LogP contribution in [0.3, 0.4) is 0 Å². The number of ether oxygens (including phenoxy) is 1. The number of carboxylic acids is 1. The number of Topliss-reactive ketones (excluding diaryl/α,β-unsaturated/α-hetero) is 2. The van der Waals surface area contributed by atoms with E-state index in [4.69, 9.17) is 23.2 Å². The zero-order valence-electron chi connectivity index (χ0n) is 28.7. The Balaban J connectivity index is 0.000000186. The molecule has 0 aliphatic carbocycles.